The van der Waals surface area contributed by atoms with Gasteiger partial charge in [-0.3, -0.25) is 4.90 Å². The van der Waals surface area contributed by atoms with E-state index < -0.39 is 0 Å². The Morgan fingerprint density at radius 3 is 2.89 bits per heavy atom. The van der Waals surface area contributed by atoms with Crippen LogP contribution in [0.3, 0.4) is 0 Å². The van der Waals surface area contributed by atoms with Gasteiger partial charge in [0.25, 0.3) is 0 Å². The van der Waals surface area contributed by atoms with E-state index in [1.165, 1.54) is 0 Å². The maximum atomic E-state index is 5.58. The molecule has 0 spiro atoms. The summed E-state index contributed by atoms with van der Waals surface area (Å²) in [4.78, 5) is 8.17. The highest BCUT2D eigenvalue weighted by Crippen LogP contribution is 2.24. The molecule has 1 N–H and O–H groups in total. The third kappa shape index (κ3) is 2.73. The molecule has 5 heteroatoms. The SMILES string of the molecule is CC1CNCC(C)N1Cc1coc(-c2cccs2)n1. The van der Waals surface area contributed by atoms with Gasteiger partial charge in [-0.05, 0) is 25.3 Å². The number of nitrogens with zero attached hydrogens (tertiary/aromatic N) is 2. The number of hydrogen-bond acceptors (Lipinski definition) is 5. The fourth-order valence-corrected chi connectivity index (χ4v) is 3.22. The van der Waals surface area contributed by atoms with E-state index in [1.807, 2.05) is 17.5 Å². The molecule has 4 nitrogen and oxygen atoms in total. The molecule has 19 heavy (non-hydrogen) atoms. The minimum absolute atomic E-state index is 0.533. The summed E-state index contributed by atoms with van der Waals surface area (Å²) >= 11 is 1.66. The van der Waals surface area contributed by atoms with Gasteiger partial charge < -0.3 is 9.73 Å². The van der Waals surface area contributed by atoms with Crippen LogP contribution in [0.4, 0.5) is 0 Å². The Bertz CT molecular complexity index is 513. The van der Waals surface area contributed by atoms with Crippen LogP contribution in [0.25, 0.3) is 10.8 Å². The molecular weight excluding hydrogens is 258 g/mol. The topological polar surface area (TPSA) is 41.3 Å². The molecule has 1 aliphatic heterocycles. The first-order valence-electron chi connectivity index (χ1n) is 6.69. The smallest absolute Gasteiger partial charge is 0.236 e. The first-order chi connectivity index (χ1) is 9.24. The molecule has 0 amide bonds. The molecule has 0 radical (unpaired) electrons. The van der Waals surface area contributed by atoms with Crippen molar-refractivity contribution in [3.05, 3.63) is 29.5 Å². The van der Waals surface area contributed by atoms with E-state index in [1.54, 1.807) is 17.6 Å². The second kappa shape index (κ2) is 5.45. The minimum atomic E-state index is 0.533. The third-order valence-electron chi connectivity index (χ3n) is 3.64. The second-order valence-corrected chi connectivity index (χ2v) is 6.10. The van der Waals surface area contributed by atoms with Crippen LogP contribution in [0, 0.1) is 0 Å². The average molecular weight is 277 g/mol. The predicted molar refractivity (Wildman–Crippen MR) is 77.2 cm³/mol. The zero-order chi connectivity index (χ0) is 13.2. The highest BCUT2D eigenvalue weighted by Gasteiger charge is 2.25. The van der Waals surface area contributed by atoms with Crippen LogP contribution in [-0.4, -0.2) is 35.1 Å². The molecule has 3 heterocycles. The number of oxazole rings is 1. The Morgan fingerprint density at radius 1 is 1.42 bits per heavy atom. The van der Waals surface area contributed by atoms with E-state index in [4.69, 9.17) is 4.42 Å². The van der Waals surface area contributed by atoms with Gasteiger partial charge >= 0.3 is 0 Å². The first kappa shape index (κ1) is 12.8. The summed E-state index contributed by atoms with van der Waals surface area (Å²) in [5.41, 5.74) is 1.02. The zero-order valence-corrected chi connectivity index (χ0v) is 12.1. The van der Waals surface area contributed by atoms with Crippen molar-refractivity contribution in [3.63, 3.8) is 0 Å². The maximum Gasteiger partial charge on any atom is 0.236 e. The maximum absolute atomic E-state index is 5.58. The highest BCUT2D eigenvalue weighted by atomic mass is 32.1. The molecule has 2 atom stereocenters. The summed E-state index contributed by atoms with van der Waals surface area (Å²) in [6.07, 6.45) is 1.79. The quantitative estimate of drug-likeness (QED) is 0.936. The van der Waals surface area contributed by atoms with Crippen LogP contribution in [0.2, 0.25) is 0 Å². The molecule has 1 fully saturated rings. The van der Waals surface area contributed by atoms with E-state index in [2.05, 4.69) is 29.0 Å². The van der Waals surface area contributed by atoms with Crippen LogP contribution in [0.15, 0.2) is 28.2 Å². The molecule has 1 aliphatic rings. The van der Waals surface area contributed by atoms with Gasteiger partial charge in [0.15, 0.2) is 0 Å². The van der Waals surface area contributed by atoms with Gasteiger partial charge in [0.1, 0.15) is 6.26 Å². The van der Waals surface area contributed by atoms with Crippen LogP contribution < -0.4 is 5.32 Å². The van der Waals surface area contributed by atoms with Gasteiger partial charge in [-0.2, -0.15) is 0 Å². The van der Waals surface area contributed by atoms with Gasteiger partial charge in [-0.25, -0.2) is 4.98 Å². The number of rotatable bonds is 3. The molecule has 2 aromatic rings. The molecule has 2 aromatic heterocycles. The number of nitrogens with one attached hydrogen (secondary N) is 1. The van der Waals surface area contributed by atoms with Crippen molar-refractivity contribution in [2.45, 2.75) is 32.5 Å². The van der Waals surface area contributed by atoms with E-state index in [-0.39, 0.29) is 0 Å². The standard InChI is InChI=1S/C14H19N3OS/c1-10-6-15-7-11(2)17(10)8-12-9-18-14(16-12)13-4-3-5-19-13/h3-5,9-11,15H,6-8H2,1-2H3. The molecule has 102 valence electrons. The number of hydrogen-bond donors (Lipinski definition) is 1. The van der Waals surface area contributed by atoms with Crippen LogP contribution >= 0.6 is 11.3 Å². The predicted octanol–water partition coefficient (Wildman–Crippen LogP) is 2.59. The van der Waals surface area contributed by atoms with Gasteiger partial charge in [-0.1, -0.05) is 6.07 Å². The van der Waals surface area contributed by atoms with Crippen molar-refractivity contribution in [1.82, 2.24) is 15.2 Å². The minimum Gasteiger partial charge on any atom is -0.444 e. The van der Waals surface area contributed by atoms with Gasteiger partial charge in [0.05, 0.1) is 10.6 Å². The van der Waals surface area contributed by atoms with Crippen molar-refractivity contribution >= 4 is 11.3 Å². The molecule has 0 aliphatic carbocycles. The molecule has 0 aromatic carbocycles. The largest absolute Gasteiger partial charge is 0.444 e. The van der Waals surface area contributed by atoms with Crippen molar-refractivity contribution in [1.29, 1.82) is 0 Å². The monoisotopic (exact) mass is 277 g/mol. The fraction of sp³-hybridized carbons (Fsp3) is 0.500. The van der Waals surface area contributed by atoms with E-state index in [0.717, 1.165) is 36.1 Å². The lowest BCUT2D eigenvalue weighted by Gasteiger charge is -2.38. The van der Waals surface area contributed by atoms with E-state index >= 15 is 0 Å². The number of thiophene rings is 1. The van der Waals surface area contributed by atoms with Gasteiger partial charge in [0.2, 0.25) is 5.89 Å². The molecular formula is C14H19N3OS. The average Bonchev–Trinajstić information content (AvgIpc) is 3.04. The summed E-state index contributed by atoms with van der Waals surface area (Å²) in [5, 5.41) is 5.49. The third-order valence-corrected chi connectivity index (χ3v) is 4.50. The second-order valence-electron chi connectivity index (χ2n) is 5.15. The molecule has 3 rings (SSSR count). The molecule has 2 unspecified atom stereocenters. The summed E-state index contributed by atoms with van der Waals surface area (Å²) in [5.74, 6) is 0.737. The van der Waals surface area contributed by atoms with Crippen LogP contribution in [-0.2, 0) is 6.54 Å². The Kier molecular flexibility index (Phi) is 3.68. The summed E-state index contributed by atoms with van der Waals surface area (Å²) in [6, 6.07) is 5.12. The fourth-order valence-electron chi connectivity index (χ4n) is 2.56. The Balaban J connectivity index is 1.73. The zero-order valence-electron chi connectivity index (χ0n) is 11.3. The highest BCUT2D eigenvalue weighted by molar-refractivity contribution is 7.13. The van der Waals surface area contributed by atoms with Crippen molar-refractivity contribution in [2.24, 2.45) is 0 Å². The molecule has 0 bridgehead atoms. The first-order valence-corrected chi connectivity index (χ1v) is 7.57. The molecule has 0 saturated carbocycles. The Morgan fingerprint density at radius 2 is 2.21 bits per heavy atom. The number of piperazine rings is 1. The van der Waals surface area contributed by atoms with Crippen molar-refractivity contribution < 1.29 is 4.42 Å². The van der Waals surface area contributed by atoms with Gasteiger partial charge in [-0.15, -0.1) is 11.3 Å². The van der Waals surface area contributed by atoms with Gasteiger partial charge in [0, 0.05) is 31.7 Å². The summed E-state index contributed by atoms with van der Waals surface area (Å²) < 4.78 is 5.58. The lowest BCUT2D eigenvalue weighted by Crippen LogP contribution is -2.54. The lowest BCUT2D eigenvalue weighted by molar-refractivity contribution is 0.107. The Labute approximate surface area is 117 Å². The number of aromatic nitrogens is 1. The summed E-state index contributed by atoms with van der Waals surface area (Å²) in [7, 11) is 0. The van der Waals surface area contributed by atoms with Crippen molar-refractivity contribution in [3.8, 4) is 10.8 Å². The Hall–Kier alpha value is -1.17. The van der Waals surface area contributed by atoms with Crippen LogP contribution in [0.1, 0.15) is 19.5 Å². The molecule has 1 saturated heterocycles. The van der Waals surface area contributed by atoms with E-state index in [9.17, 15) is 0 Å². The lowest BCUT2D eigenvalue weighted by atomic mass is 10.1. The van der Waals surface area contributed by atoms with Crippen molar-refractivity contribution in [2.75, 3.05) is 13.1 Å². The van der Waals surface area contributed by atoms with E-state index in [0.29, 0.717) is 12.1 Å². The van der Waals surface area contributed by atoms with Crippen LogP contribution in [0.5, 0.6) is 0 Å². The summed E-state index contributed by atoms with van der Waals surface area (Å²) in [6.45, 7) is 7.45. The normalized spacial score (nSPS) is 24.7.